The molecule has 0 radical (unpaired) electrons. The maximum absolute atomic E-state index is 12.0. The number of hydrogen-bond donors (Lipinski definition) is 2. The number of amides is 2. The van der Waals surface area contributed by atoms with Gasteiger partial charge in [0.05, 0.1) is 6.21 Å². The molecule has 2 N–H and O–H groups in total. The fourth-order valence-electron chi connectivity index (χ4n) is 3.79. The predicted octanol–water partition coefficient (Wildman–Crippen LogP) is 4.15. The Balaban J connectivity index is 1.56. The van der Waals surface area contributed by atoms with Crippen molar-refractivity contribution in [2.24, 2.45) is 5.10 Å². The first-order chi connectivity index (χ1) is 13.9. The molecule has 154 valence electrons. The van der Waals surface area contributed by atoms with Crippen molar-refractivity contribution in [3.8, 4) is 5.69 Å². The second-order valence-corrected chi connectivity index (χ2v) is 8.43. The highest BCUT2D eigenvalue weighted by Crippen LogP contribution is 2.21. The fraction of sp³-hybridized carbons (Fsp3) is 0.409. The molecule has 1 aliphatic rings. The number of halogens is 1. The van der Waals surface area contributed by atoms with Gasteiger partial charge < -0.3 is 9.88 Å². The number of nitrogens with one attached hydrogen (secondary N) is 2. The minimum Gasteiger partial charge on any atom is -0.353 e. The van der Waals surface area contributed by atoms with Crippen LogP contribution in [-0.4, -0.2) is 28.6 Å². The van der Waals surface area contributed by atoms with E-state index in [0.717, 1.165) is 52.8 Å². The highest BCUT2D eigenvalue weighted by Gasteiger charge is 2.17. The van der Waals surface area contributed by atoms with E-state index in [1.165, 1.54) is 6.42 Å². The molecule has 0 spiro atoms. The molecule has 1 fully saturated rings. The topological polar surface area (TPSA) is 75.5 Å². The van der Waals surface area contributed by atoms with Gasteiger partial charge in [-0.1, -0.05) is 35.2 Å². The largest absolute Gasteiger partial charge is 0.353 e. The van der Waals surface area contributed by atoms with Gasteiger partial charge in [-0.25, -0.2) is 5.43 Å². The quantitative estimate of drug-likeness (QED) is 0.387. The summed E-state index contributed by atoms with van der Waals surface area (Å²) in [6.45, 7) is 4.04. The van der Waals surface area contributed by atoms with Crippen LogP contribution in [0.15, 0.2) is 39.9 Å². The van der Waals surface area contributed by atoms with E-state index in [-0.39, 0.29) is 18.4 Å². The van der Waals surface area contributed by atoms with Crippen molar-refractivity contribution in [1.29, 1.82) is 0 Å². The summed E-state index contributed by atoms with van der Waals surface area (Å²) >= 11 is 3.45. The number of carbonyl (C=O) groups excluding carboxylic acids is 2. The van der Waals surface area contributed by atoms with E-state index in [4.69, 9.17) is 0 Å². The third-order valence-electron chi connectivity index (χ3n) is 5.24. The summed E-state index contributed by atoms with van der Waals surface area (Å²) in [7, 11) is 0. The summed E-state index contributed by atoms with van der Waals surface area (Å²) in [5.74, 6) is -0.644. The Morgan fingerprint density at radius 1 is 1.14 bits per heavy atom. The molecular weight excluding hydrogens is 432 g/mol. The number of aryl methyl sites for hydroxylation is 1. The molecule has 1 heterocycles. The summed E-state index contributed by atoms with van der Waals surface area (Å²) in [6.07, 6.45) is 6.92. The van der Waals surface area contributed by atoms with Crippen molar-refractivity contribution in [3.05, 3.63) is 51.8 Å². The van der Waals surface area contributed by atoms with E-state index in [1.807, 2.05) is 44.2 Å². The number of carbonyl (C=O) groups is 2. The molecule has 0 unspecified atom stereocenters. The van der Waals surface area contributed by atoms with Crippen molar-refractivity contribution < 1.29 is 9.59 Å². The maximum atomic E-state index is 12.0. The molecule has 6 nitrogen and oxygen atoms in total. The van der Waals surface area contributed by atoms with Gasteiger partial charge in [0.15, 0.2) is 0 Å². The van der Waals surface area contributed by atoms with Gasteiger partial charge in [0.25, 0.3) is 0 Å². The second-order valence-electron chi connectivity index (χ2n) is 7.51. The Morgan fingerprint density at radius 2 is 1.83 bits per heavy atom. The van der Waals surface area contributed by atoms with Gasteiger partial charge in [-0.3, -0.25) is 9.59 Å². The lowest BCUT2D eigenvalue weighted by molar-refractivity contribution is -0.129. The number of aromatic nitrogens is 1. The van der Waals surface area contributed by atoms with Gasteiger partial charge in [-0.15, -0.1) is 0 Å². The van der Waals surface area contributed by atoms with Crippen LogP contribution in [0.2, 0.25) is 0 Å². The molecule has 1 aromatic heterocycles. The molecule has 0 bridgehead atoms. The van der Waals surface area contributed by atoms with Crippen LogP contribution in [0, 0.1) is 13.8 Å². The molecule has 29 heavy (non-hydrogen) atoms. The van der Waals surface area contributed by atoms with Crippen LogP contribution in [0.1, 0.15) is 55.5 Å². The van der Waals surface area contributed by atoms with Crippen molar-refractivity contribution in [3.63, 3.8) is 0 Å². The van der Waals surface area contributed by atoms with Gasteiger partial charge in [-0.05, 0) is 57.0 Å². The van der Waals surface area contributed by atoms with Gasteiger partial charge in [0.2, 0.25) is 11.8 Å². The van der Waals surface area contributed by atoms with Gasteiger partial charge in [0, 0.05) is 33.2 Å². The van der Waals surface area contributed by atoms with Crippen LogP contribution in [0.5, 0.6) is 0 Å². The number of nitrogens with zero attached hydrogens (tertiary/aromatic N) is 2. The number of hydrogen-bond acceptors (Lipinski definition) is 3. The average molecular weight is 459 g/mol. The Morgan fingerprint density at radius 3 is 2.52 bits per heavy atom. The van der Waals surface area contributed by atoms with Gasteiger partial charge in [0.1, 0.15) is 6.42 Å². The number of hydrazone groups is 1. The first-order valence-corrected chi connectivity index (χ1v) is 10.8. The zero-order valence-electron chi connectivity index (χ0n) is 16.9. The van der Waals surface area contributed by atoms with E-state index in [9.17, 15) is 9.59 Å². The first-order valence-electron chi connectivity index (χ1n) is 10.00. The van der Waals surface area contributed by atoms with Crippen LogP contribution in [0.4, 0.5) is 0 Å². The van der Waals surface area contributed by atoms with Crippen molar-refractivity contribution in [2.75, 3.05) is 0 Å². The zero-order chi connectivity index (χ0) is 20.8. The molecule has 2 amide bonds. The van der Waals surface area contributed by atoms with E-state index in [0.29, 0.717) is 0 Å². The predicted molar refractivity (Wildman–Crippen MR) is 118 cm³/mol. The molecular formula is C22H27BrN4O2. The molecule has 0 aliphatic heterocycles. The van der Waals surface area contributed by atoms with Crippen molar-refractivity contribution in [2.45, 2.75) is 58.4 Å². The molecule has 2 aromatic rings. The molecule has 7 heteroatoms. The maximum Gasteiger partial charge on any atom is 0.249 e. The number of benzene rings is 1. The van der Waals surface area contributed by atoms with Crippen LogP contribution in [0.25, 0.3) is 5.69 Å². The van der Waals surface area contributed by atoms with E-state index < -0.39 is 5.91 Å². The first kappa shape index (κ1) is 21.3. The van der Waals surface area contributed by atoms with E-state index in [1.54, 1.807) is 6.21 Å². The third kappa shape index (κ3) is 5.79. The fourth-order valence-corrected chi connectivity index (χ4v) is 4.05. The summed E-state index contributed by atoms with van der Waals surface area (Å²) in [5.41, 5.74) is 6.53. The zero-order valence-corrected chi connectivity index (χ0v) is 18.5. The Kier molecular flexibility index (Phi) is 7.25. The third-order valence-corrected chi connectivity index (χ3v) is 5.77. The van der Waals surface area contributed by atoms with Crippen LogP contribution >= 0.6 is 15.9 Å². The van der Waals surface area contributed by atoms with Crippen LogP contribution < -0.4 is 10.7 Å². The van der Waals surface area contributed by atoms with Crippen LogP contribution in [-0.2, 0) is 9.59 Å². The Hall–Kier alpha value is -2.41. The van der Waals surface area contributed by atoms with Crippen LogP contribution in [0.3, 0.4) is 0 Å². The second kappa shape index (κ2) is 9.87. The summed E-state index contributed by atoms with van der Waals surface area (Å²) in [4.78, 5) is 24.0. The monoisotopic (exact) mass is 458 g/mol. The Labute approximate surface area is 179 Å². The van der Waals surface area contributed by atoms with Crippen molar-refractivity contribution >= 4 is 34.0 Å². The highest BCUT2D eigenvalue weighted by atomic mass is 79.9. The lowest BCUT2D eigenvalue weighted by Gasteiger charge is -2.22. The van der Waals surface area contributed by atoms with Crippen molar-refractivity contribution in [1.82, 2.24) is 15.3 Å². The van der Waals surface area contributed by atoms with Gasteiger partial charge >= 0.3 is 0 Å². The lowest BCUT2D eigenvalue weighted by atomic mass is 9.95. The molecule has 1 saturated carbocycles. The normalized spacial score (nSPS) is 14.9. The minimum absolute atomic E-state index is 0.203. The van der Waals surface area contributed by atoms with E-state index >= 15 is 0 Å². The molecule has 0 atom stereocenters. The average Bonchev–Trinajstić information content (AvgIpc) is 2.97. The standard InChI is InChI=1S/C22H27BrN4O2/c1-15-12-17(16(2)27(15)20-10-8-18(23)9-11-20)14-24-26-22(29)13-21(28)25-19-6-4-3-5-7-19/h8-12,14,19H,3-7,13H2,1-2H3,(H,25,28)(H,26,29)/b24-14+. The smallest absolute Gasteiger partial charge is 0.249 e. The molecule has 0 saturated heterocycles. The Bertz CT molecular complexity index is 896. The van der Waals surface area contributed by atoms with Gasteiger partial charge in [-0.2, -0.15) is 5.10 Å². The molecule has 1 aromatic carbocycles. The lowest BCUT2D eigenvalue weighted by Crippen LogP contribution is -2.38. The molecule has 1 aliphatic carbocycles. The number of rotatable bonds is 6. The SMILES string of the molecule is Cc1cc(/C=N/NC(=O)CC(=O)NC2CCCCC2)c(C)n1-c1ccc(Br)cc1. The minimum atomic E-state index is -0.406. The highest BCUT2D eigenvalue weighted by molar-refractivity contribution is 9.10. The molecule has 3 rings (SSSR count). The van der Waals surface area contributed by atoms with E-state index in [2.05, 4.69) is 36.3 Å². The summed E-state index contributed by atoms with van der Waals surface area (Å²) < 4.78 is 3.16. The summed E-state index contributed by atoms with van der Waals surface area (Å²) in [6, 6.07) is 10.3. The summed E-state index contributed by atoms with van der Waals surface area (Å²) in [5, 5.41) is 6.98.